The molecule has 8 heteroatoms. The highest BCUT2D eigenvalue weighted by Gasteiger charge is 2.23. The number of rotatable bonds is 6. The summed E-state index contributed by atoms with van der Waals surface area (Å²) < 4.78 is 6.61. The number of hydrogen-bond acceptors (Lipinski definition) is 4. The van der Waals surface area contributed by atoms with Crippen LogP contribution in [0.3, 0.4) is 0 Å². The van der Waals surface area contributed by atoms with Crippen LogP contribution in [0.2, 0.25) is 10.2 Å². The van der Waals surface area contributed by atoms with Gasteiger partial charge in [-0.2, -0.15) is 5.10 Å². The van der Waals surface area contributed by atoms with Crippen LogP contribution in [-0.2, 0) is 16.1 Å². The van der Waals surface area contributed by atoms with Crippen molar-refractivity contribution in [2.45, 2.75) is 20.4 Å². The quantitative estimate of drug-likeness (QED) is 0.576. The largest absolute Gasteiger partial charge is 0.452 e. The summed E-state index contributed by atoms with van der Waals surface area (Å²) in [7, 11) is 0. The van der Waals surface area contributed by atoms with Gasteiger partial charge in [0.15, 0.2) is 6.61 Å². The summed E-state index contributed by atoms with van der Waals surface area (Å²) in [6.45, 7) is 3.40. The fraction of sp³-hybridized carbons (Fsp3) is 0.190. The molecule has 0 radical (unpaired) electrons. The number of hydrogen-bond donors (Lipinski definition) is 1. The van der Waals surface area contributed by atoms with E-state index in [1.54, 1.807) is 19.1 Å². The number of amides is 1. The second-order valence-corrected chi connectivity index (χ2v) is 7.20. The molecule has 0 fully saturated rings. The van der Waals surface area contributed by atoms with Gasteiger partial charge < -0.3 is 10.1 Å². The third kappa shape index (κ3) is 4.96. The number of halogens is 2. The summed E-state index contributed by atoms with van der Waals surface area (Å²) in [6.07, 6.45) is 0. The molecule has 1 aromatic heterocycles. The Balaban J connectivity index is 1.66. The molecule has 1 heterocycles. The number of carbonyl (C=O) groups is 2. The van der Waals surface area contributed by atoms with Gasteiger partial charge in [-0.15, -0.1) is 0 Å². The van der Waals surface area contributed by atoms with Gasteiger partial charge in [0, 0.05) is 10.7 Å². The third-order valence-corrected chi connectivity index (χ3v) is 5.05. The third-order valence-electron chi connectivity index (χ3n) is 4.30. The number of benzene rings is 2. The van der Waals surface area contributed by atoms with E-state index >= 15 is 0 Å². The predicted octanol–water partition coefficient (Wildman–Crippen LogP) is 4.65. The van der Waals surface area contributed by atoms with Crippen molar-refractivity contribution in [2.75, 3.05) is 11.9 Å². The Labute approximate surface area is 178 Å². The van der Waals surface area contributed by atoms with Crippen molar-refractivity contribution in [2.24, 2.45) is 0 Å². The van der Waals surface area contributed by atoms with Crippen molar-refractivity contribution in [3.8, 4) is 0 Å². The standard InChI is InChI=1S/C21H19Cl2N3O3/c1-13-7-3-6-10-17(13)24-18(27)12-29-21(28)19-14(2)25-26(20(19)23)11-15-8-4-5-9-16(15)22/h3-10H,11-12H2,1-2H3,(H,24,27). The van der Waals surface area contributed by atoms with Crippen molar-refractivity contribution in [3.63, 3.8) is 0 Å². The second kappa shape index (κ2) is 9.11. The zero-order valence-electron chi connectivity index (χ0n) is 15.9. The molecule has 1 amide bonds. The smallest absolute Gasteiger partial charge is 0.343 e. The van der Waals surface area contributed by atoms with Crippen molar-refractivity contribution < 1.29 is 14.3 Å². The average Bonchev–Trinajstić information content (AvgIpc) is 2.97. The Morgan fingerprint density at radius 3 is 2.48 bits per heavy atom. The first-order valence-corrected chi connectivity index (χ1v) is 9.61. The van der Waals surface area contributed by atoms with Crippen LogP contribution in [-0.4, -0.2) is 28.3 Å². The van der Waals surface area contributed by atoms with Crippen LogP contribution in [0.1, 0.15) is 27.2 Å². The highest BCUT2D eigenvalue weighted by molar-refractivity contribution is 6.33. The lowest BCUT2D eigenvalue weighted by Crippen LogP contribution is -2.21. The summed E-state index contributed by atoms with van der Waals surface area (Å²) in [4.78, 5) is 24.6. The highest BCUT2D eigenvalue weighted by Crippen LogP contribution is 2.24. The van der Waals surface area contributed by atoms with E-state index in [2.05, 4.69) is 10.4 Å². The minimum Gasteiger partial charge on any atom is -0.452 e. The number of nitrogens with one attached hydrogen (secondary N) is 1. The monoisotopic (exact) mass is 431 g/mol. The molecule has 0 saturated heterocycles. The van der Waals surface area contributed by atoms with Crippen LogP contribution in [0.5, 0.6) is 0 Å². The molecule has 1 N–H and O–H groups in total. The van der Waals surface area contributed by atoms with Crippen LogP contribution in [0, 0.1) is 13.8 Å². The van der Waals surface area contributed by atoms with Crippen LogP contribution in [0.15, 0.2) is 48.5 Å². The normalized spacial score (nSPS) is 10.6. The number of esters is 1. The van der Waals surface area contributed by atoms with Gasteiger partial charge in [0.2, 0.25) is 0 Å². The molecule has 0 atom stereocenters. The van der Waals surface area contributed by atoms with Crippen LogP contribution in [0.4, 0.5) is 5.69 Å². The summed E-state index contributed by atoms with van der Waals surface area (Å²) in [5, 5.41) is 7.71. The van der Waals surface area contributed by atoms with E-state index in [9.17, 15) is 9.59 Å². The SMILES string of the molecule is Cc1ccccc1NC(=O)COC(=O)c1c(C)nn(Cc2ccccc2Cl)c1Cl. The summed E-state index contributed by atoms with van der Waals surface area (Å²) in [5.74, 6) is -1.15. The van der Waals surface area contributed by atoms with Gasteiger partial charge in [-0.1, -0.05) is 59.6 Å². The Kier molecular flexibility index (Phi) is 6.56. The Morgan fingerprint density at radius 1 is 1.07 bits per heavy atom. The zero-order chi connectivity index (χ0) is 21.0. The van der Waals surface area contributed by atoms with Crippen molar-refractivity contribution in [1.82, 2.24) is 9.78 Å². The molecule has 3 aromatic rings. The van der Waals surface area contributed by atoms with Gasteiger partial charge in [-0.3, -0.25) is 4.79 Å². The number of aryl methyl sites for hydroxylation is 2. The van der Waals surface area contributed by atoms with Gasteiger partial charge in [-0.25, -0.2) is 9.48 Å². The molecule has 0 aliphatic rings. The molecule has 6 nitrogen and oxygen atoms in total. The van der Waals surface area contributed by atoms with Crippen LogP contribution >= 0.6 is 23.2 Å². The minimum absolute atomic E-state index is 0.127. The number of aromatic nitrogens is 2. The van der Waals surface area contributed by atoms with E-state index in [-0.39, 0.29) is 10.7 Å². The summed E-state index contributed by atoms with van der Waals surface area (Å²) >= 11 is 12.5. The van der Waals surface area contributed by atoms with Crippen LogP contribution < -0.4 is 5.32 Å². The fourth-order valence-electron chi connectivity index (χ4n) is 2.78. The first-order valence-electron chi connectivity index (χ1n) is 8.85. The van der Waals surface area contributed by atoms with E-state index in [1.165, 1.54) is 4.68 Å². The minimum atomic E-state index is -0.710. The summed E-state index contributed by atoms with van der Waals surface area (Å²) in [6, 6.07) is 14.6. The Bertz CT molecular complexity index is 1060. The Hall–Kier alpha value is -2.83. The molecule has 0 spiro atoms. The number of nitrogens with zero attached hydrogens (tertiary/aromatic N) is 2. The topological polar surface area (TPSA) is 73.2 Å². The second-order valence-electron chi connectivity index (χ2n) is 6.44. The number of anilines is 1. The van der Waals surface area contributed by atoms with Gasteiger partial charge >= 0.3 is 5.97 Å². The molecule has 29 heavy (non-hydrogen) atoms. The first kappa shape index (κ1) is 20.9. The lowest BCUT2D eigenvalue weighted by atomic mass is 10.2. The van der Waals surface area contributed by atoms with Gasteiger partial charge in [-0.05, 0) is 37.1 Å². The Morgan fingerprint density at radius 2 is 1.76 bits per heavy atom. The maximum absolute atomic E-state index is 12.5. The fourth-order valence-corrected chi connectivity index (χ4v) is 3.29. The highest BCUT2D eigenvalue weighted by atomic mass is 35.5. The van der Waals surface area contributed by atoms with Crippen molar-refractivity contribution >= 4 is 40.8 Å². The van der Waals surface area contributed by atoms with E-state index in [0.717, 1.165) is 11.1 Å². The average molecular weight is 432 g/mol. The van der Waals surface area contributed by atoms with Gasteiger partial charge in [0.05, 0.1) is 12.2 Å². The molecule has 0 aliphatic carbocycles. The summed E-state index contributed by atoms with van der Waals surface area (Å²) in [5.41, 5.74) is 2.92. The van der Waals surface area contributed by atoms with Crippen molar-refractivity contribution in [3.05, 3.63) is 81.1 Å². The zero-order valence-corrected chi connectivity index (χ0v) is 17.4. The molecular formula is C21H19Cl2N3O3. The number of para-hydroxylation sites is 1. The van der Waals surface area contributed by atoms with E-state index in [4.69, 9.17) is 27.9 Å². The molecule has 0 unspecified atom stereocenters. The molecular weight excluding hydrogens is 413 g/mol. The lowest BCUT2D eigenvalue weighted by Gasteiger charge is -2.09. The maximum atomic E-state index is 12.5. The predicted molar refractivity (Wildman–Crippen MR) is 113 cm³/mol. The van der Waals surface area contributed by atoms with E-state index in [0.29, 0.717) is 22.9 Å². The van der Waals surface area contributed by atoms with E-state index < -0.39 is 18.5 Å². The first-order chi connectivity index (χ1) is 13.9. The van der Waals surface area contributed by atoms with Gasteiger partial charge in [0.1, 0.15) is 10.7 Å². The van der Waals surface area contributed by atoms with Crippen molar-refractivity contribution in [1.29, 1.82) is 0 Å². The molecule has 0 aliphatic heterocycles. The number of carbonyl (C=O) groups excluding carboxylic acids is 2. The molecule has 0 bridgehead atoms. The molecule has 0 saturated carbocycles. The molecule has 3 rings (SSSR count). The lowest BCUT2D eigenvalue weighted by molar-refractivity contribution is -0.119. The molecule has 2 aromatic carbocycles. The van der Waals surface area contributed by atoms with E-state index in [1.807, 2.05) is 43.3 Å². The number of ether oxygens (including phenoxy) is 1. The van der Waals surface area contributed by atoms with Crippen LogP contribution in [0.25, 0.3) is 0 Å². The molecule has 150 valence electrons. The maximum Gasteiger partial charge on any atom is 0.343 e. The van der Waals surface area contributed by atoms with Gasteiger partial charge in [0.25, 0.3) is 5.91 Å².